The van der Waals surface area contributed by atoms with E-state index in [0.29, 0.717) is 17.7 Å². The summed E-state index contributed by atoms with van der Waals surface area (Å²) in [6.45, 7) is 2.68. The van der Waals surface area contributed by atoms with Crippen LogP contribution in [0.2, 0.25) is 0 Å². The molecular weight excluding hydrogens is 190 g/mol. The second kappa shape index (κ2) is 5.11. The van der Waals surface area contributed by atoms with E-state index in [-0.39, 0.29) is 5.91 Å². The summed E-state index contributed by atoms with van der Waals surface area (Å²) in [6, 6.07) is 3.53. The molecule has 0 N–H and O–H groups in total. The average Bonchev–Trinajstić information content (AvgIpc) is 2.28. The predicted octanol–water partition coefficient (Wildman–Crippen LogP) is 1.44. The summed E-state index contributed by atoms with van der Waals surface area (Å²) in [6.07, 6.45) is 3.84. The number of carbonyl (C=O) groups is 1. The quantitative estimate of drug-likeness (QED) is 0.746. The van der Waals surface area contributed by atoms with E-state index in [0.717, 1.165) is 6.42 Å². The zero-order valence-corrected chi connectivity index (χ0v) is 8.90. The van der Waals surface area contributed by atoms with Gasteiger partial charge in [-0.3, -0.25) is 9.78 Å². The van der Waals surface area contributed by atoms with Crippen molar-refractivity contribution in [2.24, 2.45) is 0 Å². The first kappa shape index (κ1) is 11.2. The molecule has 0 saturated carbocycles. The standard InChI is InChI=1S/C11H13N3O/c1-3-6-14(2)11(15)10-8-13-5-4-9(10)7-12/h4-5,8H,3,6H2,1-2H3. The lowest BCUT2D eigenvalue weighted by atomic mass is 10.1. The summed E-state index contributed by atoms with van der Waals surface area (Å²) >= 11 is 0. The van der Waals surface area contributed by atoms with E-state index in [1.54, 1.807) is 18.0 Å². The van der Waals surface area contributed by atoms with Gasteiger partial charge in [0.05, 0.1) is 11.1 Å². The van der Waals surface area contributed by atoms with Crippen molar-refractivity contribution in [1.82, 2.24) is 9.88 Å². The molecule has 15 heavy (non-hydrogen) atoms. The van der Waals surface area contributed by atoms with Gasteiger partial charge in [0, 0.05) is 26.0 Å². The van der Waals surface area contributed by atoms with Crippen molar-refractivity contribution in [2.75, 3.05) is 13.6 Å². The highest BCUT2D eigenvalue weighted by Crippen LogP contribution is 2.08. The molecule has 1 rings (SSSR count). The van der Waals surface area contributed by atoms with Crippen LogP contribution >= 0.6 is 0 Å². The number of amides is 1. The van der Waals surface area contributed by atoms with E-state index in [1.165, 1.54) is 12.4 Å². The normalized spacial score (nSPS) is 9.40. The van der Waals surface area contributed by atoms with Crippen molar-refractivity contribution in [3.8, 4) is 6.07 Å². The lowest BCUT2D eigenvalue weighted by Gasteiger charge is -2.16. The molecule has 0 aliphatic rings. The predicted molar refractivity (Wildman–Crippen MR) is 56.2 cm³/mol. The fraction of sp³-hybridized carbons (Fsp3) is 0.364. The van der Waals surface area contributed by atoms with E-state index in [4.69, 9.17) is 5.26 Å². The fourth-order valence-electron chi connectivity index (χ4n) is 1.30. The molecule has 0 saturated heterocycles. The first-order valence-electron chi connectivity index (χ1n) is 4.80. The first-order chi connectivity index (χ1) is 7.20. The van der Waals surface area contributed by atoms with Crippen LogP contribution in [0.1, 0.15) is 29.3 Å². The number of hydrogen-bond acceptors (Lipinski definition) is 3. The second-order valence-corrected chi connectivity index (χ2v) is 3.26. The Bertz CT molecular complexity index is 395. The largest absolute Gasteiger partial charge is 0.342 e. The van der Waals surface area contributed by atoms with Gasteiger partial charge < -0.3 is 4.90 Å². The number of hydrogen-bond donors (Lipinski definition) is 0. The Morgan fingerprint density at radius 3 is 3.00 bits per heavy atom. The highest BCUT2D eigenvalue weighted by molar-refractivity contribution is 5.96. The summed E-state index contributed by atoms with van der Waals surface area (Å²) in [5, 5.41) is 8.83. The maximum absolute atomic E-state index is 11.8. The Balaban J connectivity index is 2.96. The molecule has 0 bridgehead atoms. The van der Waals surface area contributed by atoms with Crippen molar-refractivity contribution < 1.29 is 4.79 Å². The van der Waals surface area contributed by atoms with Gasteiger partial charge in [-0.25, -0.2) is 0 Å². The van der Waals surface area contributed by atoms with Gasteiger partial charge in [-0.15, -0.1) is 0 Å². The van der Waals surface area contributed by atoms with Crippen molar-refractivity contribution >= 4 is 5.91 Å². The summed E-state index contributed by atoms with van der Waals surface area (Å²) < 4.78 is 0. The molecule has 1 amide bonds. The van der Waals surface area contributed by atoms with Crippen LogP contribution in [0.25, 0.3) is 0 Å². The zero-order valence-electron chi connectivity index (χ0n) is 8.90. The number of pyridine rings is 1. The molecule has 0 spiro atoms. The molecule has 0 aliphatic heterocycles. The van der Waals surface area contributed by atoms with Gasteiger partial charge in [-0.05, 0) is 12.5 Å². The molecule has 0 radical (unpaired) electrons. The van der Waals surface area contributed by atoms with Crippen LogP contribution in [0.5, 0.6) is 0 Å². The minimum Gasteiger partial charge on any atom is -0.342 e. The van der Waals surface area contributed by atoms with Crippen LogP contribution in [0.4, 0.5) is 0 Å². The number of rotatable bonds is 3. The molecule has 0 fully saturated rings. The van der Waals surface area contributed by atoms with E-state index < -0.39 is 0 Å². The molecule has 1 aromatic rings. The van der Waals surface area contributed by atoms with Gasteiger partial charge >= 0.3 is 0 Å². The molecule has 0 unspecified atom stereocenters. The second-order valence-electron chi connectivity index (χ2n) is 3.26. The van der Waals surface area contributed by atoms with E-state index in [1.807, 2.05) is 13.0 Å². The third-order valence-electron chi connectivity index (χ3n) is 2.08. The molecule has 4 heteroatoms. The van der Waals surface area contributed by atoms with E-state index in [9.17, 15) is 4.79 Å². The molecule has 0 aromatic carbocycles. The number of carbonyl (C=O) groups excluding carboxylic acids is 1. The zero-order chi connectivity index (χ0) is 11.3. The van der Waals surface area contributed by atoms with E-state index in [2.05, 4.69) is 4.98 Å². The molecule has 1 heterocycles. The molecule has 0 aliphatic carbocycles. The number of aromatic nitrogens is 1. The Labute approximate surface area is 89.2 Å². The highest BCUT2D eigenvalue weighted by Gasteiger charge is 2.14. The summed E-state index contributed by atoms with van der Waals surface area (Å²) in [5.41, 5.74) is 0.744. The Hall–Kier alpha value is -1.89. The third kappa shape index (κ3) is 2.53. The van der Waals surface area contributed by atoms with E-state index >= 15 is 0 Å². The van der Waals surface area contributed by atoms with Gasteiger partial charge in [0.1, 0.15) is 6.07 Å². The average molecular weight is 203 g/mol. The minimum atomic E-state index is -0.151. The molecule has 1 aromatic heterocycles. The first-order valence-corrected chi connectivity index (χ1v) is 4.80. The molecule has 4 nitrogen and oxygen atoms in total. The Morgan fingerprint density at radius 2 is 2.40 bits per heavy atom. The highest BCUT2D eigenvalue weighted by atomic mass is 16.2. The van der Waals surface area contributed by atoms with Gasteiger partial charge in [-0.2, -0.15) is 5.26 Å². The van der Waals surface area contributed by atoms with Crippen molar-refractivity contribution in [2.45, 2.75) is 13.3 Å². The lowest BCUT2D eigenvalue weighted by Crippen LogP contribution is -2.28. The van der Waals surface area contributed by atoms with Gasteiger partial charge in [0.25, 0.3) is 5.91 Å². The Morgan fingerprint density at radius 1 is 1.67 bits per heavy atom. The van der Waals surface area contributed by atoms with Gasteiger partial charge in [-0.1, -0.05) is 6.92 Å². The van der Waals surface area contributed by atoms with Crippen LogP contribution in [-0.4, -0.2) is 29.4 Å². The van der Waals surface area contributed by atoms with Crippen LogP contribution < -0.4 is 0 Å². The molecule has 0 atom stereocenters. The summed E-state index contributed by atoms with van der Waals surface area (Å²) in [7, 11) is 1.72. The minimum absolute atomic E-state index is 0.151. The third-order valence-corrected chi connectivity index (χ3v) is 2.08. The molecular formula is C11H13N3O. The van der Waals surface area contributed by atoms with Gasteiger partial charge in [0.15, 0.2) is 0 Å². The monoisotopic (exact) mass is 203 g/mol. The van der Waals surface area contributed by atoms with Crippen molar-refractivity contribution in [3.63, 3.8) is 0 Å². The van der Waals surface area contributed by atoms with Crippen LogP contribution in [0.15, 0.2) is 18.5 Å². The SMILES string of the molecule is CCCN(C)C(=O)c1cnccc1C#N. The Kier molecular flexibility index (Phi) is 3.81. The molecule has 78 valence electrons. The van der Waals surface area contributed by atoms with Crippen molar-refractivity contribution in [1.29, 1.82) is 5.26 Å². The summed E-state index contributed by atoms with van der Waals surface area (Å²) in [5.74, 6) is -0.151. The summed E-state index contributed by atoms with van der Waals surface area (Å²) in [4.78, 5) is 17.3. The topological polar surface area (TPSA) is 57.0 Å². The van der Waals surface area contributed by atoms with Crippen LogP contribution in [-0.2, 0) is 0 Å². The number of nitriles is 1. The fourth-order valence-corrected chi connectivity index (χ4v) is 1.30. The smallest absolute Gasteiger partial charge is 0.256 e. The van der Waals surface area contributed by atoms with Gasteiger partial charge in [0.2, 0.25) is 0 Å². The van der Waals surface area contributed by atoms with Crippen LogP contribution in [0.3, 0.4) is 0 Å². The van der Waals surface area contributed by atoms with Crippen LogP contribution in [0, 0.1) is 11.3 Å². The number of nitrogens with zero attached hydrogens (tertiary/aromatic N) is 3. The maximum Gasteiger partial charge on any atom is 0.256 e. The van der Waals surface area contributed by atoms with Crippen molar-refractivity contribution in [3.05, 3.63) is 29.6 Å². The maximum atomic E-state index is 11.8. The lowest BCUT2D eigenvalue weighted by molar-refractivity contribution is 0.0794.